The molecule has 1 aromatic carbocycles. The van der Waals surface area contributed by atoms with Gasteiger partial charge in [-0.05, 0) is 48.4 Å². The van der Waals surface area contributed by atoms with Gasteiger partial charge in [0, 0.05) is 12.3 Å². The van der Waals surface area contributed by atoms with Crippen LogP contribution in [-0.4, -0.2) is 7.11 Å². The first kappa shape index (κ1) is 15.4. The third-order valence-electron chi connectivity index (χ3n) is 5.06. The highest BCUT2D eigenvalue weighted by molar-refractivity contribution is 5.43. The molecule has 0 aromatic heterocycles. The van der Waals surface area contributed by atoms with E-state index in [-0.39, 0.29) is 11.8 Å². The first-order valence-electron chi connectivity index (χ1n) is 8.08. The molecular weight excluding hydrogens is 284 g/mol. The minimum absolute atomic E-state index is 0.219. The Balaban J connectivity index is 2.03. The summed E-state index contributed by atoms with van der Waals surface area (Å²) >= 11 is 0. The summed E-state index contributed by atoms with van der Waals surface area (Å²) in [4.78, 5) is 0. The molecule has 0 radical (unpaired) electrons. The van der Waals surface area contributed by atoms with Gasteiger partial charge in [-0.1, -0.05) is 30.4 Å². The standard InChI is InChI=1S/C20H20N2O/c1-23-16-10-8-15(9-11-16)17-6-4-12-20(13-21,14-22)19-7-3-2-5-18(17)19/h4,6-11,17-18H,2-3,5,12H2,1H3/t17-,18-/m0/s1. The van der Waals surface area contributed by atoms with E-state index >= 15 is 0 Å². The zero-order valence-corrected chi connectivity index (χ0v) is 13.3. The third kappa shape index (κ3) is 2.64. The zero-order valence-electron chi connectivity index (χ0n) is 13.3. The Labute approximate surface area is 137 Å². The first-order chi connectivity index (χ1) is 11.2. The average Bonchev–Trinajstić information content (AvgIpc) is 2.79. The largest absolute Gasteiger partial charge is 0.497 e. The SMILES string of the molecule is COc1ccc([C@@H]2C=CCC(C#N)(C#N)C3=CCCC[C@H]32)cc1. The Bertz CT molecular complexity index is 701. The normalized spacial score (nSPS) is 25.3. The monoisotopic (exact) mass is 304 g/mol. The van der Waals surface area contributed by atoms with Crippen LogP contribution in [-0.2, 0) is 0 Å². The van der Waals surface area contributed by atoms with E-state index in [4.69, 9.17) is 4.74 Å². The predicted molar refractivity (Wildman–Crippen MR) is 88.6 cm³/mol. The van der Waals surface area contributed by atoms with E-state index in [0.29, 0.717) is 6.42 Å². The number of ether oxygens (including phenoxy) is 1. The minimum Gasteiger partial charge on any atom is -0.497 e. The van der Waals surface area contributed by atoms with Crippen molar-refractivity contribution >= 4 is 0 Å². The molecule has 0 N–H and O–H groups in total. The summed E-state index contributed by atoms with van der Waals surface area (Å²) < 4.78 is 5.24. The molecule has 0 bridgehead atoms. The lowest BCUT2D eigenvalue weighted by Gasteiger charge is -2.34. The van der Waals surface area contributed by atoms with Crippen molar-refractivity contribution in [3.8, 4) is 17.9 Å². The maximum absolute atomic E-state index is 9.67. The fourth-order valence-corrected chi connectivity index (χ4v) is 3.82. The topological polar surface area (TPSA) is 56.8 Å². The van der Waals surface area contributed by atoms with Crippen LogP contribution in [0, 0.1) is 34.0 Å². The Morgan fingerprint density at radius 3 is 2.57 bits per heavy atom. The average molecular weight is 304 g/mol. The zero-order chi connectivity index (χ0) is 16.3. The van der Waals surface area contributed by atoms with Crippen molar-refractivity contribution in [1.82, 2.24) is 0 Å². The van der Waals surface area contributed by atoms with Gasteiger partial charge in [-0.15, -0.1) is 0 Å². The highest BCUT2D eigenvalue weighted by atomic mass is 16.5. The number of methoxy groups -OCH3 is 1. The number of nitrogens with zero attached hydrogens (tertiary/aromatic N) is 2. The van der Waals surface area contributed by atoms with Crippen molar-refractivity contribution in [1.29, 1.82) is 10.5 Å². The Hall–Kier alpha value is -2.52. The van der Waals surface area contributed by atoms with E-state index in [1.165, 1.54) is 5.56 Å². The molecule has 0 saturated heterocycles. The predicted octanol–water partition coefficient (Wildman–Crippen LogP) is 4.50. The molecule has 3 nitrogen and oxygen atoms in total. The molecule has 1 aromatic rings. The summed E-state index contributed by atoms with van der Waals surface area (Å²) in [6.45, 7) is 0. The molecule has 2 aliphatic rings. The van der Waals surface area contributed by atoms with Crippen LogP contribution in [0.1, 0.15) is 37.2 Å². The van der Waals surface area contributed by atoms with Crippen LogP contribution in [0.2, 0.25) is 0 Å². The van der Waals surface area contributed by atoms with Gasteiger partial charge >= 0.3 is 0 Å². The number of hydrogen-bond acceptors (Lipinski definition) is 3. The summed E-state index contributed by atoms with van der Waals surface area (Å²) in [6.07, 6.45) is 9.92. The molecule has 0 aliphatic heterocycles. The minimum atomic E-state index is -0.997. The first-order valence-corrected chi connectivity index (χ1v) is 8.08. The fraction of sp³-hybridized carbons (Fsp3) is 0.400. The second kappa shape index (κ2) is 6.31. The van der Waals surface area contributed by atoms with Crippen LogP contribution >= 0.6 is 0 Å². The second-order valence-corrected chi connectivity index (χ2v) is 6.26. The Morgan fingerprint density at radius 1 is 1.17 bits per heavy atom. The number of rotatable bonds is 2. The number of nitriles is 2. The van der Waals surface area contributed by atoms with Crippen molar-refractivity contribution in [2.45, 2.75) is 31.6 Å². The summed E-state index contributed by atoms with van der Waals surface area (Å²) in [6, 6.07) is 12.7. The molecule has 0 heterocycles. The summed E-state index contributed by atoms with van der Waals surface area (Å²) in [5, 5.41) is 19.3. The number of hydrogen-bond donors (Lipinski definition) is 0. The highest BCUT2D eigenvalue weighted by Crippen LogP contribution is 2.49. The summed E-state index contributed by atoms with van der Waals surface area (Å²) in [5.74, 6) is 1.29. The maximum Gasteiger partial charge on any atom is 0.168 e. The molecule has 3 heteroatoms. The van der Waals surface area contributed by atoms with Crippen LogP contribution in [0.4, 0.5) is 0 Å². The van der Waals surface area contributed by atoms with Gasteiger partial charge < -0.3 is 4.74 Å². The molecule has 0 spiro atoms. The molecule has 0 unspecified atom stereocenters. The van der Waals surface area contributed by atoms with E-state index in [9.17, 15) is 10.5 Å². The Kier molecular flexibility index (Phi) is 4.22. The van der Waals surface area contributed by atoms with Gasteiger partial charge in [0.05, 0.1) is 19.2 Å². The van der Waals surface area contributed by atoms with E-state index < -0.39 is 5.41 Å². The molecule has 23 heavy (non-hydrogen) atoms. The number of allylic oxidation sites excluding steroid dienone is 4. The van der Waals surface area contributed by atoms with Gasteiger partial charge in [-0.3, -0.25) is 0 Å². The van der Waals surface area contributed by atoms with Crippen molar-refractivity contribution in [2.75, 3.05) is 7.11 Å². The van der Waals surface area contributed by atoms with Crippen LogP contribution in [0.15, 0.2) is 48.1 Å². The maximum atomic E-state index is 9.67. The van der Waals surface area contributed by atoms with Crippen molar-refractivity contribution < 1.29 is 4.74 Å². The second-order valence-electron chi connectivity index (χ2n) is 6.26. The molecule has 2 atom stereocenters. The lowest BCUT2D eigenvalue weighted by Crippen LogP contribution is -2.27. The van der Waals surface area contributed by atoms with Gasteiger partial charge in [0.2, 0.25) is 0 Å². The van der Waals surface area contributed by atoms with Crippen LogP contribution in [0.25, 0.3) is 0 Å². The van der Waals surface area contributed by atoms with Gasteiger partial charge in [-0.2, -0.15) is 10.5 Å². The lowest BCUT2D eigenvalue weighted by atomic mass is 9.67. The van der Waals surface area contributed by atoms with E-state index in [1.807, 2.05) is 18.2 Å². The molecule has 0 amide bonds. The van der Waals surface area contributed by atoms with Crippen molar-refractivity contribution in [3.05, 3.63) is 53.6 Å². The van der Waals surface area contributed by atoms with Crippen molar-refractivity contribution in [3.63, 3.8) is 0 Å². The molecule has 2 aliphatic carbocycles. The van der Waals surface area contributed by atoms with Gasteiger partial charge in [0.25, 0.3) is 0 Å². The molecule has 3 rings (SSSR count). The Morgan fingerprint density at radius 2 is 1.91 bits per heavy atom. The lowest BCUT2D eigenvalue weighted by molar-refractivity contribution is 0.410. The fourth-order valence-electron chi connectivity index (χ4n) is 3.82. The summed E-state index contributed by atoms with van der Waals surface area (Å²) in [7, 11) is 1.66. The molecule has 0 saturated carbocycles. The quantitative estimate of drug-likeness (QED) is 0.756. The van der Waals surface area contributed by atoms with Crippen LogP contribution in [0.5, 0.6) is 5.75 Å². The van der Waals surface area contributed by atoms with Crippen LogP contribution < -0.4 is 4.74 Å². The molecule has 116 valence electrons. The van der Waals surface area contributed by atoms with E-state index in [2.05, 4.69) is 36.4 Å². The third-order valence-corrected chi connectivity index (χ3v) is 5.06. The molecular formula is C20H20N2O. The van der Waals surface area contributed by atoms with Gasteiger partial charge in [0.1, 0.15) is 5.75 Å². The number of benzene rings is 1. The van der Waals surface area contributed by atoms with Crippen LogP contribution in [0.3, 0.4) is 0 Å². The van der Waals surface area contributed by atoms with E-state index in [1.54, 1.807) is 7.11 Å². The smallest absolute Gasteiger partial charge is 0.168 e. The van der Waals surface area contributed by atoms with Gasteiger partial charge in [0.15, 0.2) is 5.41 Å². The van der Waals surface area contributed by atoms with Crippen molar-refractivity contribution in [2.24, 2.45) is 11.3 Å². The summed E-state index contributed by atoms with van der Waals surface area (Å²) in [5.41, 5.74) is 1.24. The van der Waals surface area contributed by atoms with E-state index in [0.717, 1.165) is 30.6 Å². The highest BCUT2D eigenvalue weighted by Gasteiger charge is 2.42. The molecule has 0 fully saturated rings. The number of fused-ring (bicyclic) bond motifs is 1. The van der Waals surface area contributed by atoms with Gasteiger partial charge in [-0.25, -0.2) is 0 Å².